The number of halogens is 1. The molecule has 0 aliphatic carbocycles. The van der Waals surface area contributed by atoms with Gasteiger partial charge >= 0.3 is 0 Å². The highest BCUT2D eigenvalue weighted by Gasteiger charge is 2.35. The summed E-state index contributed by atoms with van der Waals surface area (Å²) in [6.45, 7) is 9.13. The summed E-state index contributed by atoms with van der Waals surface area (Å²) in [5, 5.41) is 10.5. The molecule has 1 N–H and O–H groups in total. The summed E-state index contributed by atoms with van der Waals surface area (Å²) >= 11 is 3.61. The Morgan fingerprint density at radius 2 is 1.83 bits per heavy atom. The molecule has 1 aliphatic heterocycles. The highest BCUT2D eigenvalue weighted by molar-refractivity contribution is 9.10. The van der Waals surface area contributed by atoms with Crippen LogP contribution in [0.5, 0.6) is 11.5 Å². The molecule has 0 aromatic heterocycles. The average Bonchev–Trinajstić information content (AvgIpc) is 2.47. The lowest BCUT2D eigenvalue weighted by Gasteiger charge is -2.42. The van der Waals surface area contributed by atoms with Crippen LogP contribution in [0, 0.1) is 11.3 Å². The van der Waals surface area contributed by atoms with E-state index in [9.17, 15) is 5.11 Å². The predicted molar refractivity (Wildman–Crippen MR) is 96.1 cm³/mol. The first-order chi connectivity index (χ1) is 10.8. The van der Waals surface area contributed by atoms with Gasteiger partial charge in [0.1, 0.15) is 0 Å². The maximum Gasteiger partial charge on any atom is 0.161 e. The summed E-state index contributed by atoms with van der Waals surface area (Å²) in [5.41, 5.74) is 1.29. The highest BCUT2D eigenvalue weighted by Crippen LogP contribution is 2.37. The van der Waals surface area contributed by atoms with Crippen LogP contribution in [0.1, 0.15) is 32.8 Å². The van der Waals surface area contributed by atoms with Crippen molar-refractivity contribution >= 4 is 15.9 Å². The molecule has 1 heterocycles. The largest absolute Gasteiger partial charge is 0.493 e. The number of ether oxygens (including phenoxy) is 2. The molecule has 130 valence electrons. The van der Waals surface area contributed by atoms with Crippen molar-refractivity contribution in [1.82, 2.24) is 4.90 Å². The minimum absolute atomic E-state index is 0.148. The van der Waals surface area contributed by atoms with E-state index in [0.717, 1.165) is 41.0 Å². The number of β-amino-alcohol motifs (C(OH)–C–C–N with tert-alkyl or cyclic N) is 1. The zero-order valence-electron chi connectivity index (χ0n) is 14.7. The molecule has 0 unspecified atom stereocenters. The van der Waals surface area contributed by atoms with E-state index in [2.05, 4.69) is 41.6 Å². The van der Waals surface area contributed by atoms with Gasteiger partial charge in [-0.15, -0.1) is 0 Å². The standard InChI is InChI=1S/C18H28BrNO3/c1-18(2,3)13-6-7-20(11-15(13)21)10-12-8-16(22-4)17(23-5)9-14(12)19/h8-9,13,15,21H,6-7,10-11H2,1-5H3/t13-,15+/m0/s1. The van der Waals surface area contributed by atoms with Gasteiger partial charge in [-0.2, -0.15) is 0 Å². The van der Waals surface area contributed by atoms with Gasteiger partial charge in [0.05, 0.1) is 20.3 Å². The lowest BCUT2D eigenvalue weighted by atomic mass is 9.73. The van der Waals surface area contributed by atoms with Crippen molar-refractivity contribution in [2.75, 3.05) is 27.3 Å². The van der Waals surface area contributed by atoms with Crippen LogP contribution in [-0.4, -0.2) is 43.4 Å². The Kier molecular flexibility index (Phi) is 5.98. The Morgan fingerprint density at radius 1 is 1.22 bits per heavy atom. The first-order valence-electron chi connectivity index (χ1n) is 8.07. The van der Waals surface area contributed by atoms with Crippen LogP contribution in [0.25, 0.3) is 0 Å². The maximum absolute atomic E-state index is 10.5. The fourth-order valence-corrected chi connectivity index (χ4v) is 3.86. The molecular weight excluding hydrogens is 358 g/mol. The van der Waals surface area contributed by atoms with E-state index in [4.69, 9.17) is 9.47 Å². The minimum atomic E-state index is -0.275. The molecule has 2 rings (SSSR count). The topological polar surface area (TPSA) is 41.9 Å². The van der Waals surface area contributed by atoms with Crippen LogP contribution in [0.2, 0.25) is 0 Å². The molecule has 4 nitrogen and oxygen atoms in total. The van der Waals surface area contributed by atoms with Gasteiger partial charge in [-0.3, -0.25) is 4.90 Å². The molecular formula is C18H28BrNO3. The predicted octanol–water partition coefficient (Wildman–Crippen LogP) is 3.70. The maximum atomic E-state index is 10.5. The van der Waals surface area contributed by atoms with Crippen LogP contribution in [-0.2, 0) is 6.54 Å². The van der Waals surface area contributed by atoms with Crippen molar-refractivity contribution in [3.8, 4) is 11.5 Å². The van der Waals surface area contributed by atoms with Gasteiger partial charge in [-0.1, -0.05) is 36.7 Å². The Hall–Kier alpha value is -0.780. The molecule has 1 aromatic carbocycles. The number of hydrogen-bond acceptors (Lipinski definition) is 4. The highest BCUT2D eigenvalue weighted by atomic mass is 79.9. The number of aliphatic hydroxyl groups excluding tert-OH is 1. The fourth-order valence-electron chi connectivity index (χ4n) is 3.41. The average molecular weight is 386 g/mol. The second-order valence-electron chi connectivity index (χ2n) is 7.36. The lowest BCUT2D eigenvalue weighted by molar-refractivity contribution is -0.0265. The third kappa shape index (κ3) is 4.40. The van der Waals surface area contributed by atoms with E-state index in [1.165, 1.54) is 0 Å². The van der Waals surface area contributed by atoms with E-state index >= 15 is 0 Å². The summed E-state index contributed by atoms with van der Waals surface area (Å²) in [6.07, 6.45) is 0.748. The van der Waals surface area contributed by atoms with Crippen LogP contribution in [0.15, 0.2) is 16.6 Å². The second kappa shape index (κ2) is 7.41. The molecule has 0 amide bonds. The molecule has 0 saturated carbocycles. The molecule has 0 radical (unpaired) electrons. The van der Waals surface area contributed by atoms with Crippen molar-refractivity contribution in [2.45, 2.75) is 39.8 Å². The van der Waals surface area contributed by atoms with E-state index in [-0.39, 0.29) is 11.5 Å². The third-order valence-electron chi connectivity index (χ3n) is 4.72. The van der Waals surface area contributed by atoms with Gasteiger partial charge in [-0.05, 0) is 42.0 Å². The fraction of sp³-hybridized carbons (Fsp3) is 0.667. The summed E-state index contributed by atoms with van der Waals surface area (Å²) < 4.78 is 11.7. The molecule has 1 aliphatic rings. The Morgan fingerprint density at radius 3 is 2.35 bits per heavy atom. The summed E-state index contributed by atoms with van der Waals surface area (Å²) in [7, 11) is 3.28. The summed E-state index contributed by atoms with van der Waals surface area (Å²) in [6, 6.07) is 3.94. The number of piperidine rings is 1. The van der Waals surface area contributed by atoms with Crippen molar-refractivity contribution in [1.29, 1.82) is 0 Å². The van der Waals surface area contributed by atoms with Crippen LogP contribution < -0.4 is 9.47 Å². The van der Waals surface area contributed by atoms with Crippen LogP contribution >= 0.6 is 15.9 Å². The van der Waals surface area contributed by atoms with Crippen molar-refractivity contribution in [3.05, 3.63) is 22.2 Å². The Labute approximate surface area is 147 Å². The van der Waals surface area contributed by atoms with E-state index < -0.39 is 0 Å². The molecule has 5 heteroatoms. The molecule has 0 spiro atoms. The van der Waals surface area contributed by atoms with Gasteiger partial charge in [-0.25, -0.2) is 0 Å². The number of aliphatic hydroxyl groups is 1. The molecule has 23 heavy (non-hydrogen) atoms. The number of benzene rings is 1. The number of methoxy groups -OCH3 is 2. The first-order valence-corrected chi connectivity index (χ1v) is 8.86. The third-order valence-corrected chi connectivity index (χ3v) is 5.46. The van der Waals surface area contributed by atoms with Gasteiger partial charge in [0.15, 0.2) is 11.5 Å². The summed E-state index contributed by atoms with van der Waals surface area (Å²) in [5.74, 6) is 1.80. The van der Waals surface area contributed by atoms with Gasteiger partial charge in [0, 0.05) is 17.6 Å². The smallest absolute Gasteiger partial charge is 0.161 e. The monoisotopic (exact) mass is 385 g/mol. The van der Waals surface area contributed by atoms with Gasteiger partial charge in [0.25, 0.3) is 0 Å². The van der Waals surface area contributed by atoms with E-state index in [1.54, 1.807) is 14.2 Å². The number of nitrogens with zero attached hydrogens (tertiary/aromatic N) is 1. The molecule has 2 atom stereocenters. The van der Waals surface area contributed by atoms with Crippen LogP contribution in [0.4, 0.5) is 0 Å². The number of hydrogen-bond donors (Lipinski definition) is 1. The van der Waals surface area contributed by atoms with Gasteiger partial charge < -0.3 is 14.6 Å². The minimum Gasteiger partial charge on any atom is -0.493 e. The zero-order chi connectivity index (χ0) is 17.2. The van der Waals surface area contributed by atoms with E-state index in [0.29, 0.717) is 12.5 Å². The first kappa shape index (κ1) is 18.6. The van der Waals surface area contributed by atoms with Crippen molar-refractivity contribution in [2.24, 2.45) is 11.3 Å². The summed E-state index contributed by atoms with van der Waals surface area (Å²) in [4.78, 5) is 2.30. The number of likely N-dealkylation sites (tertiary alicyclic amines) is 1. The molecule has 1 fully saturated rings. The second-order valence-corrected chi connectivity index (χ2v) is 8.22. The number of rotatable bonds is 4. The Balaban J connectivity index is 2.09. The quantitative estimate of drug-likeness (QED) is 0.857. The lowest BCUT2D eigenvalue weighted by Crippen LogP contribution is -2.47. The van der Waals surface area contributed by atoms with E-state index in [1.807, 2.05) is 12.1 Å². The van der Waals surface area contributed by atoms with Gasteiger partial charge in [0.2, 0.25) is 0 Å². The van der Waals surface area contributed by atoms with Crippen molar-refractivity contribution < 1.29 is 14.6 Å². The van der Waals surface area contributed by atoms with Crippen LogP contribution in [0.3, 0.4) is 0 Å². The van der Waals surface area contributed by atoms with Crippen molar-refractivity contribution in [3.63, 3.8) is 0 Å². The SMILES string of the molecule is COc1cc(Br)c(CN2CC[C@H](C(C)(C)C)[C@H](O)C2)cc1OC. The molecule has 1 aromatic rings. The Bertz CT molecular complexity index is 542. The normalized spacial score (nSPS) is 22.9. The zero-order valence-corrected chi connectivity index (χ0v) is 16.3. The molecule has 1 saturated heterocycles. The molecule has 0 bridgehead atoms.